The van der Waals surface area contributed by atoms with E-state index in [0.29, 0.717) is 23.3 Å². The summed E-state index contributed by atoms with van der Waals surface area (Å²) in [7, 11) is 0. The van der Waals surface area contributed by atoms with Crippen molar-refractivity contribution in [1.29, 1.82) is 0 Å². The third-order valence-corrected chi connectivity index (χ3v) is 6.54. The standard InChI is InChI=1S/C24H18BrF2NO3S/c25-18-6-9-21(31-14-16-2-1-3-20(27)10-16)17(11-18)12-22-23(29)28(24(30)32-22)13-15-4-7-19(26)8-5-15/h1-11,22H,12-14H2/t22-/m0/s1. The van der Waals surface area contributed by atoms with Crippen LogP contribution >= 0.6 is 27.7 Å². The molecular weight excluding hydrogens is 500 g/mol. The summed E-state index contributed by atoms with van der Waals surface area (Å²) in [5, 5.41) is -0.921. The van der Waals surface area contributed by atoms with Gasteiger partial charge in [0.1, 0.15) is 24.0 Å². The number of carbonyl (C=O) groups excluding carboxylic acids is 2. The summed E-state index contributed by atoms with van der Waals surface area (Å²) in [5.41, 5.74) is 2.12. The second-order valence-electron chi connectivity index (χ2n) is 7.30. The van der Waals surface area contributed by atoms with Crippen LogP contribution in [0, 0.1) is 11.6 Å². The molecule has 1 fully saturated rings. The number of nitrogens with zero attached hydrogens (tertiary/aromatic N) is 1. The molecule has 4 rings (SSSR count). The summed E-state index contributed by atoms with van der Waals surface area (Å²) in [6.45, 7) is 0.274. The van der Waals surface area contributed by atoms with Crippen molar-refractivity contribution in [2.75, 3.05) is 0 Å². The first kappa shape index (κ1) is 22.5. The third kappa shape index (κ3) is 5.37. The molecule has 2 amide bonds. The van der Waals surface area contributed by atoms with Crippen LogP contribution in [0.3, 0.4) is 0 Å². The highest BCUT2D eigenvalue weighted by atomic mass is 79.9. The molecule has 32 heavy (non-hydrogen) atoms. The summed E-state index contributed by atoms with van der Waals surface area (Å²) in [6, 6.07) is 17.3. The molecule has 0 spiro atoms. The first-order chi connectivity index (χ1) is 15.4. The molecule has 0 aromatic heterocycles. The van der Waals surface area contributed by atoms with E-state index in [1.807, 2.05) is 12.1 Å². The van der Waals surface area contributed by atoms with Gasteiger partial charge in [-0.25, -0.2) is 8.78 Å². The van der Waals surface area contributed by atoms with Gasteiger partial charge in [0.2, 0.25) is 5.91 Å². The number of thioether (sulfide) groups is 1. The summed E-state index contributed by atoms with van der Waals surface area (Å²) in [4.78, 5) is 26.6. The number of imide groups is 1. The molecule has 164 valence electrons. The molecule has 0 aliphatic carbocycles. The van der Waals surface area contributed by atoms with Crippen LogP contribution in [-0.2, 0) is 24.4 Å². The van der Waals surface area contributed by atoms with Crippen molar-refractivity contribution in [2.45, 2.75) is 24.8 Å². The van der Waals surface area contributed by atoms with Gasteiger partial charge in [0, 0.05) is 4.47 Å². The number of ether oxygens (including phenoxy) is 1. The fourth-order valence-corrected chi connectivity index (χ4v) is 4.80. The molecule has 1 saturated heterocycles. The molecule has 0 saturated carbocycles. The number of hydrogen-bond donors (Lipinski definition) is 0. The second-order valence-corrected chi connectivity index (χ2v) is 9.37. The van der Waals surface area contributed by atoms with Crippen molar-refractivity contribution in [3.8, 4) is 5.75 Å². The Morgan fingerprint density at radius 1 is 0.938 bits per heavy atom. The van der Waals surface area contributed by atoms with Crippen molar-refractivity contribution in [2.24, 2.45) is 0 Å². The van der Waals surface area contributed by atoms with E-state index in [4.69, 9.17) is 4.74 Å². The van der Waals surface area contributed by atoms with E-state index in [0.717, 1.165) is 21.8 Å². The highest BCUT2D eigenvalue weighted by Gasteiger charge is 2.39. The third-order valence-electron chi connectivity index (χ3n) is 4.97. The Morgan fingerprint density at radius 2 is 1.72 bits per heavy atom. The SMILES string of the molecule is O=C1S[C@@H](Cc2cc(Br)ccc2OCc2cccc(F)c2)C(=O)N1Cc1ccc(F)cc1. The number of benzene rings is 3. The van der Waals surface area contributed by atoms with Crippen molar-refractivity contribution in [3.63, 3.8) is 0 Å². The lowest BCUT2D eigenvalue weighted by molar-refractivity contribution is -0.127. The maximum absolute atomic E-state index is 13.4. The van der Waals surface area contributed by atoms with Crippen LogP contribution in [0.15, 0.2) is 71.2 Å². The fourth-order valence-electron chi connectivity index (χ4n) is 3.38. The van der Waals surface area contributed by atoms with Crippen LogP contribution in [0.1, 0.15) is 16.7 Å². The number of carbonyl (C=O) groups is 2. The Hall–Kier alpha value is -2.71. The predicted octanol–water partition coefficient (Wildman–Crippen LogP) is 6.11. The molecule has 1 heterocycles. The number of halogens is 3. The molecule has 4 nitrogen and oxygen atoms in total. The topological polar surface area (TPSA) is 46.6 Å². The highest BCUT2D eigenvalue weighted by Crippen LogP contribution is 2.34. The van der Waals surface area contributed by atoms with Gasteiger partial charge in [0.25, 0.3) is 5.24 Å². The van der Waals surface area contributed by atoms with E-state index in [-0.39, 0.29) is 35.9 Å². The zero-order valence-corrected chi connectivity index (χ0v) is 19.2. The quantitative estimate of drug-likeness (QED) is 0.379. The monoisotopic (exact) mass is 517 g/mol. The first-order valence-corrected chi connectivity index (χ1v) is 11.5. The van der Waals surface area contributed by atoms with Gasteiger partial charge in [0.15, 0.2) is 0 Å². The van der Waals surface area contributed by atoms with Crippen molar-refractivity contribution >= 4 is 38.8 Å². The van der Waals surface area contributed by atoms with Crippen LogP contribution in [0.5, 0.6) is 5.75 Å². The van der Waals surface area contributed by atoms with E-state index >= 15 is 0 Å². The largest absolute Gasteiger partial charge is 0.489 e. The second kappa shape index (κ2) is 9.83. The zero-order valence-electron chi connectivity index (χ0n) is 16.8. The minimum atomic E-state index is -0.589. The van der Waals surface area contributed by atoms with Gasteiger partial charge in [-0.15, -0.1) is 0 Å². The summed E-state index contributed by atoms with van der Waals surface area (Å²) >= 11 is 4.41. The predicted molar refractivity (Wildman–Crippen MR) is 122 cm³/mol. The van der Waals surface area contributed by atoms with Gasteiger partial charge in [-0.3, -0.25) is 14.5 Å². The van der Waals surface area contributed by atoms with Gasteiger partial charge >= 0.3 is 0 Å². The Balaban J connectivity index is 1.47. The van der Waals surface area contributed by atoms with Gasteiger partial charge in [0.05, 0.1) is 11.8 Å². The average Bonchev–Trinajstić information content (AvgIpc) is 3.02. The van der Waals surface area contributed by atoms with Gasteiger partial charge in [-0.05, 0) is 65.6 Å². The summed E-state index contributed by atoms with van der Waals surface area (Å²) in [6.07, 6.45) is 0.299. The van der Waals surface area contributed by atoms with Crippen LogP contribution < -0.4 is 4.74 Å². The normalized spacial score (nSPS) is 16.0. The van der Waals surface area contributed by atoms with Gasteiger partial charge < -0.3 is 4.74 Å². The Labute approximate surface area is 196 Å². The lowest BCUT2D eigenvalue weighted by atomic mass is 10.1. The maximum Gasteiger partial charge on any atom is 0.289 e. The van der Waals surface area contributed by atoms with Crippen LogP contribution in [0.4, 0.5) is 13.6 Å². The van der Waals surface area contributed by atoms with Crippen LogP contribution in [0.2, 0.25) is 0 Å². The smallest absolute Gasteiger partial charge is 0.289 e. The number of rotatable bonds is 7. The summed E-state index contributed by atoms with van der Waals surface area (Å²) in [5.74, 6) is -0.439. The molecule has 1 aliphatic heterocycles. The van der Waals surface area contributed by atoms with E-state index in [1.165, 1.54) is 29.2 Å². The minimum Gasteiger partial charge on any atom is -0.489 e. The maximum atomic E-state index is 13.4. The highest BCUT2D eigenvalue weighted by molar-refractivity contribution is 9.10. The lowest BCUT2D eigenvalue weighted by Gasteiger charge is -2.16. The minimum absolute atomic E-state index is 0.100. The summed E-state index contributed by atoms with van der Waals surface area (Å²) < 4.78 is 33.3. The van der Waals surface area contributed by atoms with E-state index in [9.17, 15) is 18.4 Å². The average molecular weight is 518 g/mol. The fraction of sp³-hybridized carbons (Fsp3) is 0.167. The molecule has 0 N–H and O–H groups in total. The molecule has 3 aromatic carbocycles. The zero-order chi connectivity index (χ0) is 22.7. The molecule has 1 atom stereocenters. The Kier molecular flexibility index (Phi) is 6.91. The lowest BCUT2D eigenvalue weighted by Crippen LogP contribution is -2.31. The molecular formula is C24H18BrF2NO3S. The molecule has 0 unspecified atom stereocenters. The van der Waals surface area contributed by atoms with Crippen LogP contribution in [-0.4, -0.2) is 21.3 Å². The van der Waals surface area contributed by atoms with E-state index in [2.05, 4.69) is 15.9 Å². The van der Waals surface area contributed by atoms with E-state index in [1.54, 1.807) is 30.3 Å². The van der Waals surface area contributed by atoms with Crippen molar-refractivity contribution < 1.29 is 23.1 Å². The van der Waals surface area contributed by atoms with Crippen molar-refractivity contribution in [3.05, 3.63) is 99.5 Å². The molecule has 0 radical (unpaired) electrons. The number of hydrogen-bond acceptors (Lipinski definition) is 4. The van der Waals surface area contributed by atoms with Crippen molar-refractivity contribution in [1.82, 2.24) is 4.90 Å². The van der Waals surface area contributed by atoms with E-state index < -0.39 is 5.25 Å². The van der Waals surface area contributed by atoms with Crippen LogP contribution in [0.25, 0.3) is 0 Å². The van der Waals surface area contributed by atoms with Gasteiger partial charge in [-0.1, -0.05) is 52.0 Å². The number of amides is 2. The molecule has 0 bridgehead atoms. The molecule has 1 aliphatic rings. The molecule has 8 heteroatoms. The van der Waals surface area contributed by atoms with Gasteiger partial charge in [-0.2, -0.15) is 0 Å². The Bertz CT molecular complexity index is 1160. The molecule has 3 aromatic rings. The Morgan fingerprint density at radius 3 is 2.47 bits per heavy atom. The first-order valence-electron chi connectivity index (χ1n) is 9.81.